The molecule has 1 rings (SSSR count). The van der Waals surface area contributed by atoms with Crippen LogP contribution in [0, 0.1) is 0 Å². The standard InChI is InChI=1S/C14H23N3O2S/c1-11(2)17(9-8-13(15)16-19)14(18)7-3-5-12-6-4-10-20-12/h4,6,10-11,19H,3,5,7-9H2,1-2H3,(H2,15,16). The van der Waals surface area contributed by atoms with Crippen molar-refractivity contribution in [3.63, 3.8) is 0 Å². The minimum atomic E-state index is 0.121. The average Bonchev–Trinajstić information content (AvgIpc) is 2.91. The number of amidine groups is 1. The van der Waals surface area contributed by atoms with Crippen molar-refractivity contribution in [3.05, 3.63) is 22.4 Å². The molecule has 5 nitrogen and oxygen atoms in total. The van der Waals surface area contributed by atoms with Crippen LogP contribution in [0.25, 0.3) is 0 Å². The normalized spacial score (nSPS) is 11.8. The van der Waals surface area contributed by atoms with Crippen LogP contribution in [0.2, 0.25) is 0 Å². The van der Waals surface area contributed by atoms with Gasteiger partial charge in [0.05, 0.1) is 0 Å². The van der Waals surface area contributed by atoms with Gasteiger partial charge in [-0.1, -0.05) is 11.2 Å². The van der Waals surface area contributed by atoms with Crippen LogP contribution in [-0.4, -0.2) is 34.4 Å². The van der Waals surface area contributed by atoms with E-state index in [4.69, 9.17) is 10.9 Å². The van der Waals surface area contributed by atoms with Crippen molar-refractivity contribution in [2.24, 2.45) is 10.9 Å². The molecule has 6 heteroatoms. The van der Waals surface area contributed by atoms with Crippen LogP contribution in [0.4, 0.5) is 0 Å². The Kier molecular flexibility index (Phi) is 7.08. The Balaban J connectivity index is 2.39. The number of aryl methyl sites for hydroxylation is 1. The van der Waals surface area contributed by atoms with Gasteiger partial charge >= 0.3 is 0 Å². The summed E-state index contributed by atoms with van der Waals surface area (Å²) >= 11 is 1.72. The first-order chi connectivity index (χ1) is 9.54. The van der Waals surface area contributed by atoms with Gasteiger partial charge in [0.2, 0.25) is 5.91 Å². The summed E-state index contributed by atoms with van der Waals surface area (Å²) in [6, 6.07) is 4.24. The molecule has 0 aliphatic carbocycles. The highest BCUT2D eigenvalue weighted by Crippen LogP contribution is 2.13. The lowest BCUT2D eigenvalue weighted by atomic mass is 10.1. The van der Waals surface area contributed by atoms with Gasteiger partial charge in [0.15, 0.2) is 0 Å². The zero-order chi connectivity index (χ0) is 15.0. The third-order valence-corrected chi connectivity index (χ3v) is 4.01. The summed E-state index contributed by atoms with van der Waals surface area (Å²) < 4.78 is 0. The molecule has 1 amide bonds. The largest absolute Gasteiger partial charge is 0.409 e. The van der Waals surface area contributed by atoms with E-state index in [-0.39, 0.29) is 17.8 Å². The topological polar surface area (TPSA) is 78.9 Å². The van der Waals surface area contributed by atoms with E-state index in [1.807, 2.05) is 19.9 Å². The van der Waals surface area contributed by atoms with E-state index in [0.29, 0.717) is 19.4 Å². The Morgan fingerprint density at radius 3 is 2.80 bits per heavy atom. The quantitative estimate of drug-likeness (QED) is 0.335. The zero-order valence-electron chi connectivity index (χ0n) is 12.1. The Bertz CT molecular complexity index is 430. The summed E-state index contributed by atoms with van der Waals surface area (Å²) in [4.78, 5) is 15.3. The summed E-state index contributed by atoms with van der Waals surface area (Å²) in [5, 5.41) is 13.5. The zero-order valence-corrected chi connectivity index (χ0v) is 12.9. The third-order valence-electron chi connectivity index (χ3n) is 3.07. The van der Waals surface area contributed by atoms with Gasteiger partial charge in [0, 0.05) is 30.3 Å². The number of carbonyl (C=O) groups excluding carboxylic acids is 1. The summed E-state index contributed by atoms with van der Waals surface area (Å²) in [7, 11) is 0. The van der Waals surface area contributed by atoms with Crippen molar-refractivity contribution in [2.75, 3.05) is 6.54 Å². The van der Waals surface area contributed by atoms with Crippen LogP contribution in [0.5, 0.6) is 0 Å². The Hall–Kier alpha value is -1.56. The molecule has 20 heavy (non-hydrogen) atoms. The van der Waals surface area contributed by atoms with E-state index in [9.17, 15) is 4.79 Å². The second-order valence-electron chi connectivity index (χ2n) is 4.96. The third kappa shape index (κ3) is 5.61. The van der Waals surface area contributed by atoms with Crippen LogP contribution in [0.3, 0.4) is 0 Å². The van der Waals surface area contributed by atoms with Gasteiger partial charge in [-0.3, -0.25) is 4.79 Å². The number of amides is 1. The van der Waals surface area contributed by atoms with Gasteiger partial charge in [0.25, 0.3) is 0 Å². The molecule has 0 aromatic carbocycles. The lowest BCUT2D eigenvalue weighted by molar-refractivity contribution is -0.132. The van der Waals surface area contributed by atoms with Gasteiger partial charge in [-0.2, -0.15) is 0 Å². The molecule has 0 bridgehead atoms. The maximum Gasteiger partial charge on any atom is 0.222 e. The van der Waals surface area contributed by atoms with Crippen molar-refractivity contribution < 1.29 is 10.0 Å². The number of hydrogen-bond donors (Lipinski definition) is 2. The lowest BCUT2D eigenvalue weighted by Gasteiger charge is -2.26. The highest BCUT2D eigenvalue weighted by Gasteiger charge is 2.16. The Labute approximate surface area is 124 Å². The molecule has 1 heterocycles. The van der Waals surface area contributed by atoms with Crippen molar-refractivity contribution in [3.8, 4) is 0 Å². The van der Waals surface area contributed by atoms with Crippen LogP contribution in [-0.2, 0) is 11.2 Å². The first kappa shape index (κ1) is 16.5. The Morgan fingerprint density at radius 1 is 1.50 bits per heavy atom. The number of thiophene rings is 1. The molecule has 1 aromatic rings. The van der Waals surface area contributed by atoms with E-state index >= 15 is 0 Å². The molecule has 0 spiro atoms. The van der Waals surface area contributed by atoms with Crippen molar-refractivity contribution in [2.45, 2.75) is 45.6 Å². The molecule has 0 saturated carbocycles. The van der Waals surface area contributed by atoms with E-state index in [1.165, 1.54) is 4.88 Å². The van der Waals surface area contributed by atoms with E-state index in [0.717, 1.165) is 12.8 Å². The molecule has 0 atom stereocenters. The van der Waals surface area contributed by atoms with Crippen molar-refractivity contribution in [1.29, 1.82) is 0 Å². The van der Waals surface area contributed by atoms with Crippen LogP contribution >= 0.6 is 11.3 Å². The molecule has 112 valence electrons. The molecular formula is C14H23N3O2S. The Morgan fingerprint density at radius 2 is 2.25 bits per heavy atom. The number of oxime groups is 1. The number of nitrogens with two attached hydrogens (primary N) is 1. The summed E-state index contributed by atoms with van der Waals surface area (Å²) in [5.74, 6) is 0.282. The average molecular weight is 297 g/mol. The maximum atomic E-state index is 12.2. The predicted octanol–water partition coefficient (Wildman–Crippen LogP) is 2.44. The summed E-state index contributed by atoms with van der Waals surface area (Å²) in [6.45, 7) is 4.44. The SMILES string of the molecule is CC(C)N(CCC(N)=NO)C(=O)CCCc1cccs1. The van der Waals surface area contributed by atoms with Crippen molar-refractivity contribution in [1.82, 2.24) is 4.90 Å². The number of carbonyl (C=O) groups is 1. The second kappa shape index (κ2) is 8.58. The lowest BCUT2D eigenvalue weighted by Crippen LogP contribution is -2.39. The van der Waals surface area contributed by atoms with Crippen molar-refractivity contribution >= 4 is 23.1 Å². The monoisotopic (exact) mass is 297 g/mol. The van der Waals surface area contributed by atoms with Gasteiger partial charge in [0.1, 0.15) is 5.84 Å². The van der Waals surface area contributed by atoms with Gasteiger partial charge in [-0.25, -0.2) is 0 Å². The van der Waals surface area contributed by atoms with E-state index in [1.54, 1.807) is 16.2 Å². The fraction of sp³-hybridized carbons (Fsp3) is 0.571. The first-order valence-corrected chi connectivity index (χ1v) is 7.70. The molecule has 0 aliphatic heterocycles. The highest BCUT2D eigenvalue weighted by atomic mass is 32.1. The highest BCUT2D eigenvalue weighted by molar-refractivity contribution is 7.09. The minimum Gasteiger partial charge on any atom is -0.409 e. The number of rotatable bonds is 8. The fourth-order valence-corrected chi connectivity index (χ4v) is 2.72. The minimum absolute atomic E-state index is 0.121. The van der Waals surface area contributed by atoms with Crippen LogP contribution in [0.15, 0.2) is 22.7 Å². The molecule has 3 N–H and O–H groups in total. The van der Waals surface area contributed by atoms with Gasteiger partial charge in [-0.05, 0) is 38.1 Å². The molecule has 0 aliphatic rings. The summed E-state index contributed by atoms with van der Waals surface area (Å²) in [5.41, 5.74) is 5.45. The maximum absolute atomic E-state index is 12.2. The number of nitrogens with zero attached hydrogens (tertiary/aromatic N) is 2. The van der Waals surface area contributed by atoms with Crippen LogP contribution < -0.4 is 5.73 Å². The predicted molar refractivity (Wildman–Crippen MR) is 82.1 cm³/mol. The molecule has 0 radical (unpaired) electrons. The van der Waals surface area contributed by atoms with E-state index < -0.39 is 0 Å². The van der Waals surface area contributed by atoms with Gasteiger partial charge in [-0.15, -0.1) is 11.3 Å². The van der Waals surface area contributed by atoms with Gasteiger partial charge < -0.3 is 15.8 Å². The van der Waals surface area contributed by atoms with Crippen LogP contribution in [0.1, 0.15) is 38.0 Å². The van der Waals surface area contributed by atoms with E-state index in [2.05, 4.69) is 16.6 Å². The fourth-order valence-electron chi connectivity index (χ4n) is 1.97. The summed E-state index contributed by atoms with van der Waals surface area (Å²) in [6.07, 6.45) is 2.72. The second-order valence-corrected chi connectivity index (χ2v) is 5.99. The smallest absolute Gasteiger partial charge is 0.222 e. The molecule has 0 fully saturated rings. The molecular weight excluding hydrogens is 274 g/mol. The first-order valence-electron chi connectivity index (χ1n) is 6.82. The molecule has 0 unspecified atom stereocenters. The molecule has 0 saturated heterocycles. The molecule has 1 aromatic heterocycles. The number of hydrogen-bond acceptors (Lipinski definition) is 4.